The minimum absolute atomic E-state index is 0.525. The average Bonchev–Trinajstić information content (AvgIpc) is 2.67. The van der Waals surface area contributed by atoms with Gasteiger partial charge < -0.3 is 5.73 Å². The van der Waals surface area contributed by atoms with Crippen LogP contribution in [-0.4, -0.2) is 14.3 Å². The first kappa shape index (κ1) is 11.5. The Balaban J connectivity index is 2.21. The van der Waals surface area contributed by atoms with E-state index in [1.165, 1.54) is 11.5 Å². The van der Waals surface area contributed by atoms with Gasteiger partial charge in [-0.1, -0.05) is 6.07 Å². The van der Waals surface area contributed by atoms with Crippen LogP contribution in [0, 0.1) is 13.8 Å². The molecule has 84 valence electrons. The van der Waals surface area contributed by atoms with Crippen LogP contribution in [0.15, 0.2) is 21.6 Å². The summed E-state index contributed by atoms with van der Waals surface area (Å²) in [5, 5.41) is 0.966. The molecule has 0 bridgehead atoms. The summed E-state index contributed by atoms with van der Waals surface area (Å²) < 4.78 is 5.06. The van der Waals surface area contributed by atoms with Gasteiger partial charge in [-0.2, -0.15) is 4.37 Å². The van der Waals surface area contributed by atoms with E-state index < -0.39 is 0 Å². The summed E-state index contributed by atoms with van der Waals surface area (Å²) in [6, 6.07) is 2.06. The zero-order valence-corrected chi connectivity index (χ0v) is 10.7. The lowest BCUT2D eigenvalue weighted by Gasteiger charge is -2.03. The van der Waals surface area contributed by atoms with Gasteiger partial charge in [0, 0.05) is 12.7 Å². The van der Waals surface area contributed by atoms with Gasteiger partial charge in [-0.05, 0) is 48.3 Å². The molecule has 2 rings (SSSR count). The number of hydrogen-bond acceptors (Lipinski definition) is 6. The molecule has 0 radical (unpaired) electrons. The highest BCUT2D eigenvalue weighted by atomic mass is 32.2. The molecule has 0 aliphatic heterocycles. The maximum Gasteiger partial charge on any atom is 0.176 e. The monoisotopic (exact) mass is 252 g/mol. The lowest BCUT2D eigenvalue weighted by Crippen LogP contribution is -1.98. The molecule has 2 aromatic heterocycles. The van der Waals surface area contributed by atoms with Crippen molar-refractivity contribution in [2.75, 3.05) is 0 Å². The molecule has 0 saturated carbocycles. The van der Waals surface area contributed by atoms with E-state index in [2.05, 4.69) is 20.4 Å². The maximum atomic E-state index is 5.56. The molecule has 2 N–H and O–H groups in total. The molecule has 0 aromatic carbocycles. The normalized spacial score (nSPS) is 10.7. The van der Waals surface area contributed by atoms with Gasteiger partial charge in [0.25, 0.3) is 0 Å². The molecule has 0 aliphatic carbocycles. The summed E-state index contributed by atoms with van der Waals surface area (Å²) >= 11 is 2.95. The van der Waals surface area contributed by atoms with E-state index in [1.807, 2.05) is 20.0 Å². The number of aryl methyl sites for hydroxylation is 2. The van der Waals surface area contributed by atoms with Crippen LogP contribution in [0.2, 0.25) is 0 Å². The quantitative estimate of drug-likeness (QED) is 0.907. The lowest BCUT2D eigenvalue weighted by atomic mass is 10.2. The standard InChI is InChI=1S/C10H12N4S2/c1-6-3-8(4-11)5-12-9(6)15-10-13-7(2)14-16-10/h3,5H,4,11H2,1-2H3. The first-order chi connectivity index (χ1) is 7.69. The molecule has 0 atom stereocenters. The zero-order valence-electron chi connectivity index (χ0n) is 9.10. The number of aromatic nitrogens is 3. The van der Waals surface area contributed by atoms with E-state index in [4.69, 9.17) is 5.73 Å². The average molecular weight is 252 g/mol. The first-order valence-electron chi connectivity index (χ1n) is 4.83. The molecule has 0 spiro atoms. The molecule has 0 fully saturated rings. The Kier molecular flexibility index (Phi) is 3.52. The van der Waals surface area contributed by atoms with Crippen molar-refractivity contribution in [1.82, 2.24) is 14.3 Å². The molecule has 0 saturated heterocycles. The van der Waals surface area contributed by atoms with E-state index in [9.17, 15) is 0 Å². The van der Waals surface area contributed by atoms with Crippen molar-refractivity contribution in [2.24, 2.45) is 5.73 Å². The van der Waals surface area contributed by atoms with Crippen molar-refractivity contribution in [3.8, 4) is 0 Å². The third-order valence-electron chi connectivity index (χ3n) is 2.02. The van der Waals surface area contributed by atoms with Crippen LogP contribution in [0.3, 0.4) is 0 Å². The number of nitrogens with two attached hydrogens (primary N) is 1. The third kappa shape index (κ3) is 2.58. The Hall–Kier alpha value is -0.980. The fourth-order valence-electron chi connectivity index (χ4n) is 1.24. The Morgan fingerprint density at radius 2 is 2.25 bits per heavy atom. The van der Waals surface area contributed by atoms with E-state index in [1.54, 1.807) is 11.8 Å². The Morgan fingerprint density at radius 3 is 2.81 bits per heavy atom. The summed E-state index contributed by atoms with van der Waals surface area (Å²) in [6.07, 6.45) is 1.81. The Bertz CT molecular complexity index is 495. The van der Waals surface area contributed by atoms with Gasteiger partial charge in [0.2, 0.25) is 0 Å². The van der Waals surface area contributed by atoms with Gasteiger partial charge in [0.05, 0.1) is 0 Å². The lowest BCUT2D eigenvalue weighted by molar-refractivity contribution is 0.986. The number of nitrogens with zero attached hydrogens (tertiary/aromatic N) is 3. The largest absolute Gasteiger partial charge is 0.326 e. The SMILES string of the molecule is Cc1nsc(Sc2ncc(CN)cc2C)n1. The van der Waals surface area contributed by atoms with Crippen LogP contribution < -0.4 is 5.73 Å². The van der Waals surface area contributed by atoms with Gasteiger partial charge in [-0.3, -0.25) is 0 Å². The van der Waals surface area contributed by atoms with Crippen molar-refractivity contribution in [3.05, 3.63) is 29.2 Å². The van der Waals surface area contributed by atoms with Crippen LogP contribution in [0.25, 0.3) is 0 Å². The molecule has 16 heavy (non-hydrogen) atoms. The Labute approximate surface area is 102 Å². The second kappa shape index (κ2) is 4.90. The van der Waals surface area contributed by atoms with Gasteiger partial charge in [-0.25, -0.2) is 9.97 Å². The van der Waals surface area contributed by atoms with E-state index in [0.29, 0.717) is 6.54 Å². The highest BCUT2D eigenvalue weighted by molar-refractivity contribution is 8.00. The van der Waals surface area contributed by atoms with Crippen LogP contribution >= 0.6 is 23.3 Å². The van der Waals surface area contributed by atoms with Gasteiger partial charge in [0.15, 0.2) is 4.34 Å². The van der Waals surface area contributed by atoms with Crippen molar-refractivity contribution in [1.29, 1.82) is 0 Å². The predicted octanol–water partition coefficient (Wildman–Crippen LogP) is 2.16. The molecule has 4 nitrogen and oxygen atoms in total. The summed E-state index contributed by atoms with van der Waals surface area (Å²) in [6.45, 7) is 4.44. The topological polar surface area (TPSA) is 64.7 Å². The van der Waals surface area contributed by atoms with E-state index in [-0.39, 0.29) is 0 Å². The van der Waals surface area contributed by atoms with Crippen LogP contribution in [-0.2, 0) is 6.54 Å². The molecular weight excluding hydrogens is 240 g/mol. The van der Waals surface area contributed by atoms with E-state index in [0.717, 1.165) is 26.3 Å². The van der Waals surface area contributed by atoms with Crippen molar-refractivity contribution in [3.63, 3.8) is 0 Å². The summed E-state index contributed by atoms with van der Waals surface area (Å²) in [4.78, 5) is 8.67. The van der Waals surface area contributed by atoms with Crippen LogP contribution in [0.4, 0.5) is 0 Å². The first-order valence-corrected chi connectivity index (χ1v) is 6.42. The van der Waals surface area contributed by atoms with Crippen molar-refractivity contribution < 1.29 is 0 Å². The summed E-state index contributed by atoms with van der Waals surface area (Å²) in [5.41, 5.74) is 7.73. The second-order valence-electron chi connectivity index (χ2n) is 3.38. The van der Waals surface area contributed by atoms with Crippen molar-refractivity contribution >= 4 is 23.3 Å². The Morgan fingerprint density at radius 1 is 1.44 bits per heavy atom. The fraction of sp³-hybridized carbons (Fsp3) is 0.300. The summed E-state index contributed by atoms with van der Waals surface area (Å²) in [7, 11) is 0. The molecule has 0 unspecified atom stereocenters. The van der Waals surface area contributed by atoms with Crippen LogP contribution in [0.5, 0.6) is 0 Å². The zero-order chi connectivity index (χ0) is 11.5. The van der Waals surface area contributed by atoms with Gasteiger partial charge >= 0.3 is 0 Å². The highest BCUT2D eigenvalue weighted by Crippen LogP contribution is 2.29. The van der Waals surface area contributed by atoms with Crippen molar-refractivity contribution in [2.45, 2.75) is 29.8 Å². The molecule has 2 aromatic rings. The number of pyridine rings is 1. The smallest absolute Gasteiger partial charge is 0.176 e. The molecule has 0 amide bonds. The number of hydrogen-bond donors (Lipinski definition) is 1. The predicted molar refractivity (Wildman–Crippen MR) is 65.6 cm³/mol. The molecule has 0 aliphatic rings. The second-order valence-corrected chi connectivity index (χ2v) is 5.37. The maximum absolute atomic E-state index is 5.56. The van der Waals surface area contributed by atoms with Crippen LogP contribution in [0.1, 0.15) is 17.0 Å². The summed E-state index contributed by atoms with van der Waals surface area (Å²) in [5.74, 6) is 0.809. The van der Waals surface area contributed by atoms with E-state index >= 15 is 0 Å². The molecular formula is C10H12N4S2. The van der Waals surface area contributed by atoms with Gasteiger partial charge in [-0.15, -0.1) is 0 Å². The minimum atomic E-state index is 0.525. The highest BCUT2D eigenvalue weighted by Gasteiger charge is 2.07. The van der Waals surface area contributed by atoms with Gasteiger partial charge in [0.1, 0.15) is 10.9 Å². The molecule has 6 heteroatoms. The fourth-order valence-corrected chi connectivity index (χ4v) is 2.83. The minimum Gasteiger partial charge on any atom is -0.326 e. The third-order valence-corrected chi connectivity index (χ3v) is 3.98. The number of rotatable bonds is 3. The molecule has 2 heterocycles.